The number of carbonyl (C=O) groups is 1. The molecule has 0 bridgehead atoms. The second-order valence-electron chi connectivity index (χ2n) is 5.96. The van der Waals surface area contributed by atoms with E-state index in [0.29, 0.717) is 40.1 Å². The van der Waals surface area contributed by atoms with Crippen LogP contribution in [0.4, 0.5) is 4.39 Å². The van der Waals surface area contributed by atoms with Crippen LogP contribution in [0.2, 0.25) is 0 Å². The molecule has 0 atom stereocenters. The summed E-state index contributed by atoms with van der Waals surface area (Å²) in [5.41, 5.74) is 4.41. The molecule has 0 aliphatic carbocycles. The van der Waals surface area contributed by atoms with Crippen molar-refractivity contribution in [3.05, 3.63) is 58.5 Å². The summed E-state index contributed by atoms with van der Waals surface area (Å²) < 4.78 is 16.0. The number of aryl methyl sites for hydroxylation is 1. The first-order chi connectivity index (χ1) is 13.0. The van der Waals surface area contributed by atoms with Crippen LogP contribution in [-0.2, 0) is 11.2 Å². The van der Waals surface area contributed by atoms with Crippen LogP contribution in [0, 0.1) is 5.82 Å². The first-order valence-corrected chi connectivity index (χ1v) is 8.32. The van der Waals surface area contributed by atoms with Crippen LogP contribution in [0.3, 0.4) is 0 Å². The zero-order valence-corrected chi connectivity index (χ0v) is 14.6. The Kier molecular flexibility index (Phi) is 3.91. The number of pyridine rings is 2. The third-order valence-corrected chi connectivity index (χ3v) is 4.15. The van der Waals surface area contributed by atoms with Gasteiger partial charge in [0.2, 0.25) is 5.91 Å². The van der Waals surface area contributed by atoms with E-state index in [0.717, 1.165) is 10.9 Å². The van der Waals surface area contributed by atoms with Gasteiger partial charge in [-0.25, -0.2) is 9.37 Å². The van der Waals surface area contributed by atoms with Crippen molar-refractivity contribution in [1.29, 1.82) is 0 Å². The van der Waals surface area contributed by atoms with Crippen LogP contribution in [0.1, 0.15) is 19.5 Å². The van der Waals surface area contributed by atoms with Crippen molar-refractivity contribution < 1.29 is 9.18 Å². The highest BCUT2D eigenvalue weighted by atomic mass is 19.1. The molecule has 8 nitrogen and oxygen atoms in total. The molecule has 0 aliphatic heterocycles. The van der Waals surface area contributed by atoms with Gasteiger partial charge in [0.15, 0.2) is 11.3 Å². The molecule has 4 rings (SSSR count). The first kappa shape index (κ1) is 16.8. The fraction of sp³-hybridized carbons (Fsp3) is 0.167. The van der Waals surface area contributed by atoms with Crippen molar-refractivity contribution in [3.63, 3.8) is 0 Å². The molecule has 0 unspecified atom stereocenters. The van der Waals surface area contributed by atoms with Gasteiger partial charge in [-0.2, -0.15) is 14.3 Å². The molecule has 9 heteroatoms. The zero-order chi connectivity index (χ0) is 19.1. The Hall–Kier alpha value is -3.62. The maximum atomic E-state index is 13.3. The molecule has 0 saturated heterocycles. The van der Waals surface area contributed by atoms with Gasteiger partial charge in [0.1, 0.15) is 5.82 Å². The molecule has 0 aromatic carbocycles. The molecular weight excluding hydrogens is 351 g/mol. The number of carbonyl (C=O) groups excluding carboxylic acids is 1. The summed E-state index contributed by atoms with van der Waals surface area (Å²) in [7, 11) is 0. The fourth-order valence-corrected chi connectivity index (χ4v) is 3.05. The average molecular weight is 366 g/mol. The van der Waals surface area contributed by atoms with Gasteiger partial charge in [0, 0.05) is 13.1 Å². The number of nitrogens with zero attached hydrogens (tertiary/aromatic N) is 5. The van der Waals surface area contributed by atoms with E-state index in [1.807, 2.05) is 6.92 Å². The molecule has 4 heterocycles. The first-order valence-electron chi connectivity index (χ1n) is 8.32. The quantitative estimate of drug-likeness (QED) is 0.598. The third kappa shape index (κ3) is 2.64. The van der Waals surface area contributed by atoms with E-state index >= 15 is 0 Å². The maximum Gasteiger partial charge on any atom is 0.282 e. The van der Waals surface area contributed by atoms with E-state index in [-0.39, 0.29) is 0 Å². The summed E-state index contributed by atoms with van der Waals surface area (Å²) in [5, 5.41) is 4.88. The largest absolute Gasteiger partial charge is 0.282 e. The number of aromatic nitrogens is 5. The SMILES string of the molecule is CCc1nn2c3ncccc3c(=O)n(NC(C)=O)c2c1-c1ccc(F)cn1. The second kappa shape index (κ2) is 6.27. The lowest BCUT2D eigenvalue weighted by molar-refractivity contribution is -0.115. The number of halogens is 1. The van der Waals surface area contributed by atoms with Gasteiger partial charge < -0.3 is 0 Å². The van der Waals surface area contributed by atoms with Gasteiger partial charge in [-0.15, -0.1) is 0 Å². The predicted octanol–water partition coefficient (Wildman–Crippen LogP) is 1.90. The number of nitrogens with one attached hydrogen (secondary N) is 1. The summed E-state index contributed by atoms with van der Waals surface area (Å²) in [6.45, 7) is 3.22. The Bertz CT molecular complexity index is 1240. The predicted molar refractivity (Wildman–Crippen MR) is 97.4 cm³/mol. The number of rotatable bonds is 3. The molecule has 0 fully saturated rings. The van der Waals surface area contributed by atoms with Crippen LogP contribution >= 0.6 is 0 Å². The summed E-state index contributed by atoms with van der Waals surface area (Å²) >= 11 is 0. The van der Waals surface area contributed by atoms with Crippen molar-refractivity contribution in [1.82, 2.24) is 24.3 Å². The fourth-order valence-electron chi connectivity index (χ4n) is 3.05. The maximum absolute atomic E-state index is 13.3. The van der Waals surface area contributed by atoms with E-state index < -0.39 is 17.3 Å². The lowest BCUT2D eigenvalue weighted by Crippen LogP contribution is -2.33. The van der Waals surface area contributed by atoms with E-state index in [2.05, 4.69) is 20.5 Å². The molecule has 4 aromatic heterocycles. The molecule has 0 spiro atoms. The zero-order valence-electron chi connectivity index (χ0n) is 14.6. The molecule has 1 N–H and O–H groups in total. The normalized spacial score (nSPS) is 11.2. The molecule has 1 amide bonds. The Balaban J connectivity index is 2.22. The summed E-state index contributed by atoms with van der Waals surface area (Å²) in [4.78, 5) is 33.1. The molecule has 0 radical (unpaired) electrons. The second-order valence-corrected chi connectivity index (χ2v) is 5.96. The Morgan fingerprint density at radius 2 is 2.07 bits per heavy atom. The van der Waals surface area contributed by atoms with Gasteiger partial charge in [0.05, 0.1) is 28.5 Å². The summed E-state index contributed by atoms with van der Waals surface area (Å²) in [6, 6.07) is 6.05. The lowest BCUT2D eigenvalue weighted by atomic mass is 10.1. The smallest absolute Gasteiger partial charge is 0.274 e. The van der Waals surface area contributed by atoms with E-state index in [1.165, 1.54) is 23.6 Å². The van der Waals surface area contributed by atoms with E-state index in [1.54, 1.807) is 18.3 Å². The molecular formula is C18H15FN6O2. The highest BCUT2D eigenvalue weighted by Gasteiger charge is 2.22. The van der Waals surface area contributed by atoms with Crippen LogP contribution in [0.25, 0.3) is 27.9 Å². The van der Waals surface area contributed by atoms with Crippen molar-refractivity contribution in [3.8, 4) is 11.3 Å². The van der Waals surface area contributed by atoms with Crippen LogP contribution in [0.5, 0.6) is 0 Å². The van der Waals surface area contributed by atoms with Crippen LogP contribution in [0.15, 0.2) is 41.5 Å². The average Bonchev–Trinajstić information content (AvgIpc) is 3.05. The van der Waals surface area contributed by atoms with Gasteiger partial charge in [0.25, 0.3) is 5.56 Å². The number of fused-ring (bicyclic) bond motifs is 3. The minimum atomic E-state index is -0.473. The third-order valence-electron chi connectivity index (χ3n) is 4.15. The Morgan fingerprint density at radius 1 is 1.26 bits per heavy atom. The number of hydrogen-bond donors (Lipinski definition) is 1. The standard InChI is InChI=1S/C18H15FN6O2/c1-3-13-15(14-7-6-11(19)9-21-14)17-24(23-13)16-12(5-4-8-20-16)18(27)25(17)22-10(2)26/h4-9H,3H2,1-2H3,(H,22,26). The minimum absolute atomic E-state index is 0.308. The molecule has 4 aromatic rings. The number of amides is 1. The molecule has 27 heavy (non-hydrogen) atoms. The Morgan fingerprint density at radius 3 is 2.74 bits per heavy atom. The van der Waals surface area contributed by atoms with Crippen molar-refractivity contribution in [2.75, 3.05) is 5.43 Å². The number of hydrogen-bond acceptors (Lipinski definition) is 5. The molecule has 0 saturated carbocycles. The van der Waals surface area contributed by atoms with Crippen molar-refractivity contribution in [2.45, 2.75) is 20.3 Å². The monoisotopic (exact) mass is 366 g/mol. The Labute approximate surface area is 152 Å². The van der Waals surface area contributed by atoms with E-state index in [9.17, 15) is 14.0 Å². The van der Waals surface area contributed by atoms with Gasteiger partial charge in [-0.3, -0.25) is 20.0 Å². The topological polar surface area (TPSA) is 94.2 Å². The lowest BCUT2D eigenvalue weighted by Gasteiger charge is -2.12. The highest BCUT2D eigenvalue weighted by molar-refractivity contribution is 5.88. The summed E-state index contributed by atoms with van der Waals surface area (Å²) in [5.74, 6) is -0.890. The molecule has 0 aliphatic rings. The minimum Gasteiger partial charge on any atom is -0.274 e. The van der Waals surface area contributed by atoms with Crippen molar-refractivity contribution >= 4 is 22.6 Å². The van der Waals surface area contributed by atoms with Gasteiger partial charge in [-0.1, -0.05) is 6.92 Å². The van der Waals surface area contributed by atoms with E-state index in [4.69, 9.17) is 0 Å². The highest BCUT2D eigenvalue weighted by Crippen LogP contribution is 2.28. The summed E-state index contributed by atoms with van der Waals surface area (Å²) in [6.07, 6.45) is 3.20. The van der Waals surface area contributed by atoms with Crippen molar-refractivity contribution in [2.24, 2.45) is 0 Å². The van der Waals surface area contributed by atoms with Gasteiger partial charge >= 0.3 is 0 Å². The van der Waals surface area contributed by atoms with Crippen LogP contribution < -0.4 is 11.0 Å². The van der Waals surface area contributed by atoms with Gasteiger partial charge in [-0.05, 0) is 30.7 Å². The molecule has 136 valence electrons. The van der Waals surface area contributed by atoms with Crippen LogP contribution in [-0.4, -0.2) is 30.2 Å².